The summed E-state index contributed by atoms with van der Waals surface area (Å²) in [4.78, 5) is 34.7. The molecule has 6 N–H and O–H groups in total. The Balaban J connectivity index is 0.000000273. The van der Waals surface area contributed by atoms with Gasteiger partial charge in [-0.3, -0.25) is 9.59 Å². The van der Waals surface area contributed by atoms with E-state index < -0.39 is 18.0 Å². The van der Waals surface area contributed by atoms with Gasteiger partial charge in [-0.05, 0) is 43.5 Å². The van der Waals surface area contributed by atoms with E-state index in [2.05, 4.69) is 4.74 Å². The Kier molecular flexibility index (Phi) is 8.53. The van der Waals surface area contributed by atoms with Crippen molar-refractivity contribution in [1.82, 2.24) is 4.90 Å². The molecule has 1 amide bonds. The van der Waals surface area contributed by atoms with E-state index in [4.69, 9.17) is 21.7 Å². The second-order valence-corrected chi connectivity index (χ2v) is 5.72. The second kappa shape index (κ2) is 10.4. The van der Waals surface area contributed by atoms with E-state index in [0.717, 1.165) is 18.9 Å². The minimum atomic E-state index is -0.665. The molecule has 1 aliphatic rings. The summed E-state index contributed by atoms with van der Waals surface area (Å²) in [6, 6.07) is 4.06. The lowest BCUT2D eigenvalue weighted by atomic mass is 10.1. The van der Waals surface area contributed by atoms with Crippen LogP contribution in [0.25, 0.3) is 0 Å². The van der Waals surface area contributed by atoms with Gasteiger partial charge in [0.05, 0.1) is 6.54 Å². The van der Waals surface area contributed by atoms with Crippen LogP contribution in [0, 0.1) is 0 Å². The first-order chi connectivity index (χ1) is 12.3. The molecule has 1 heterocycles. The van der Waals surface area contributed by atoms with Crippen molar-refractivity contribution in [3.63, 3.8) is 0 Å². The number of ether oxygens (including phenoxy) is 1. The number of hydrogen-bond acceptors (Lipinski definition) is 8. The molecule has 0 saturated carbocycles. The van der Waals surface area contributed by atoms with Gasteiger partial charge in [0.15, 0.2) is 11.5 Å². The summed E-state index contributed by atoms with van der Waals surface area (Å²) in [5.41, 5.74) is 11.4. The first-order valence-corrected chi connectivity index (χ1v) is 8.22. The SMILES string of the molecule is CC(=O)OC(=O)[C@@H]1CCCN1C(=O)CN.NCCc1ccc(O)c(O)c1. The van der Waals surface area contributed by atoms with Crippen LogP contribution in [0.3, 0.4) is 0 Å². The molecule has 26 heavy (non-hydrogen) atoms. The van der Waals surface area contributed by atoms with Crippen LogP contribution in [-0.4, -0.2) is 58.6 Å². The number of benzene rings is 1. The summed E-state index contributed by atoms with van der Waals surface area (Å²) in [5.74, 6) is -1.80. The van der Waals surface area contributed by atoms with E-state index in [0.29, 0.717) is 25.9 Å². The maximum absolute atomic E-state index is 11.4. The van der Waals surface area contributed by atoms with Gasteiger partial charge >= 0.3 is 11.9 Å². The van der Waals surface area contributed by atoms with E-state index in [1.807, 2.05) is 0 Å². The van der Waals surface area contributed by atoms with Gasteiger partial charge in [-0.2, -0.15) is 0 Å². The molecule has 1 fully saturated rings. The molecular formula is C17H25N3O6. The predicted octanol–water partition coefficient (Wildman–Crippen LogP) is -0.375. The summed E-state index contributed by atoms with van der Waals surface area (Å²) in [7, 11) is 0. The number of likely N-dealkylation sites (tertiary alicyclic amines) is 1. The Morgan fingerprint density at radius 1 is 1.23 bits per heavy atom. The third-order valence-electron chi connectivity index (χ3n) is 3.74. The largest absolute Gasteiger partial charge is 0.504 e. The number of esters is 2. The first kappa shape index (κ1) is 21.4. The molecule has 1 saturated heterocycles. The highest BCUT2D eigenvalue weighted by Crippen LogP contribution is 2.24. The number of rotatable bonds is 4. The molecule has 1 aliphatic heterocycles. The Morgan fingerprint density at radius 3 is 2.46 bits per heavy atom. The van der Waals surface area contributed by atoms with Crippen molar-refractivity contribution in [1.29, 1.82) is 0 Å². The van der Waals surface area contributed by atoms with Gasteiger partial charge < -0.3 is 31.3 Å². The van der Waals surface area contributed by atoms with E-state index in [1.165, 1.54) is 17.0 Å². The van der Waals surface area contributed by atoms with Gasteiger partial charge in [-0.1, -0.05) is 6.07 Å². The smallest absolute Gasteiger partial charge is 0.336 e. The van der Waals surface area contributed by atoms with Gasteiger partial charge in [-0.25, -0.2) is 4.79 Å². The van der Waals surface area contributed by atoms with Crippen LogP contribution in [-0.2, 0) is 25.5 Å². The fraction of sp³-hybridized carbons (Fsp3) is 0.471. The zero-order valence-electron chi connectivity index (χ0n) is 14.7. The third-order valence-corrected chi connectivity index (χ3v) is 3.74. The van der Waals surface area contributed by atoms with E-state index in [9.17, 15) is 14.4 Å². The number of amides is 1. The molecule has 1 atom stereocenters. The summed E-state index contributed by atoms with van der Waals surface area (Å²) < 4.78 is 4.45. The first-order valence-electron chi connectivity index (χ1n) is 8.22. The molecule has 0 radical (unpaired) electrons. The van der Waals surface area contributed by atoms with Crippen LogP contribution in [0.2, 0.25) is 0 Å². The molecule has 0 aliphatic carbocycles. The monoisotopic (exact) mass is 367 g/mol. The molecule has 9 nitrogen and oxygen atoms in total. The average Bonchev–Trinajstić information content (AvgIpc) is 3.07. The van der Waals surface area contributed by atoms with Crippen LogP contribution in [0.5, 0.6) is 11.5 Å². The number of phenols is 2. The highest BCUT2D eigenvalue weighted by molar-refractivity contribution is 5.91. The minimum absolute atomic E-state index is 0.0871. The molecule has 144 valence electrons. The average molecular weight is 367 g/mol. The summed E-state index contributed by atoms with van der Waals surface area (Å²) in [6.07, 6.45) is 1.97. The lowest BCUT2D eigenvalue weighted by Gasteiger charge is -2.21. The van der Waals surface area contributed by atoms with Crippen LogP contribution in [0.15, 0.2) is 18.2 Å². The van der Waals surface area contributed by atoms with Crippen molar-refractivity contribution in [2.75, 3.05) is 19.6 Å². The number of nitrogens with two attached hydrogens (primary N) is 2. The van der Waals surface area contributed by atoms with Gasteiger partial charge in [0.25, 0.3) is 0 Å². The number of carbonyl (C=O) groups is 3. The quantitative estimate of drug-likeness (QED) is 0.319. The predicted molar refractivity (Wildman–Crippen MR) is 93.1 cm³/mol. The number of nitrogens with zero attached hydrogens (tertiary/aromatic N) is 1. The second-order valence-electron chi connectivity index (χ2n) is 5.72. The Morgan fingerprint density at radius 2 is 1.92 bits per heavy atom. The Labute approximate surface area is 151 Å². The highest BCUT2D eigenvalue weighted by atomic mass is 16.6. The van der Waals surface area contributed by atoms with Crippen molar-refractivity contribution in [2.24, 2.45) is 11.5 Å². The lowest BCUT2D eigenvalue weighted by Crippen LogP contribution is -2.44. The molecular weight excluding hydrogens is 342 g/mol. The highest BCUT2D eigenvalue weighted by Gasteiger charge is 2.35. The van der Waals surface area contributed by atoms with Crippen molar-refractivity contribution in [2.45, 2.75) is 32.2 Å². The van der Waals surface area contributed by atoms with Crippen molar-refractivity contribution in [3.8, 4) is 11.5 Å². The van der Waals surface area contributed by atoms with Crippen molar-refractivity contribution < 1.29 is 29.3 Å². The number of phenolic OH excluding ortho intramolecular Hbond substituents is 2. The van der Waals surface area contributed by atoms with Crippen LogP contribution < -0.4 is 11.5 Å². The fourth-order valence-electron chi connectivity index (χ4n) is 2.53. The van der Waals surface area contributed by atoms with Gasteiger partial charge in [0.1, 0.15) is 6.04 Å². The zero-order valence-corrected chi connectivity index (χ0v) is 14.7. The maximum Gasteiger partial charge on any atom is 0.336 e. The normalized spacial score (nSPS) is 15.8. The molecule has 0 aromatic heterocycles. The summed E-state index contributed by atoms with van der Waals surface area (Å²) in [6.45, 7) is 2.06. The fourth-order valence-corrected chi connectivity index (χ4v) is 2.53. The van der Waals surface area contributed by atoms with E-state index >= 15 is 0 Å². The summed E-state index contributed by atoms with van der Waals surface area (Å²) >= 11 is 0. The molecule has 0 bridgehead atoms. The molecule has 0 spiro atoms. The topological polar surface area (TPSA) is 156 Å². The Bertz CT molecular complexity index is 649. The maximum atomic E-state index is 11.4. The van der Waals surface area contributed by atoms with Gasteiger partial charge in [0.2, 0.25) is 5.91 Å². The number of aromatic hydroxyl groups is 2. The van der Waals surface area contributed by atoms with E-state index in [-0.39, 0.29) is 24.0 Å². The minimum Gasteiger partial charge on any atom is -0.504 e. The summed E-state index contributed by atoms with van der Waals surface area (Å²) in [5, 5.41) is 18.0. The van der Waals surface area contributed by atoms with Crippen LogP contribution >= 0.6 is 0 Å². The molecule has 2 rings (SSSR count). The zero-order chi connectivity index (χ0) is 19.7. The molecule has 1 aromatic carbocycles. The number of hydrogen-bond donors (Lipinski definition) is 4. The lowest BCUT2D eigenvalue weighted by molar-refractivity contribution is -0.163. The standard InChI is InChI=1S/C9H14N2O4.C8H11NO2/c1-6(12)15-9(14)7-3-2-4-11(7)8(13)5-10;9-4-3-6-1-2-7(10)8(11)5-6/h7H,2-5,10H2,1H3;1-2,5,10-11H,3-4,9H2/t7-;/m0./s1. The van der Waals surface area contributed by atoms with Crippen molar-refractivity contribution >= 4 is 17.8 Å². The van der Waals surface area contributed by atoms with Gasteiger partial charge in [0, 0.05) is 13.5 Å². The van der Waals surface area contributed by atoms with Crippen molar-refractivity contribution in [3.05, 3.63) is 23.8 Å². The van der Waals surface area contributed by atoms with Crippen LogP contribution in [0.4, 0.5) is 0 Å². The third kappa shape index (κ3) is 6.34. The molecule has 0 unspecified atom stereocenters. The Hall–Kier alpha value is -2.65. The van der Waals surface area contributed by atoms with Crippen LogP contribution in [0.1, 0.15) is 25.3 Å². The number of carbonyl (C=O) groups excluding carboxylic acids is 3. The molecule has 9 heteroatoms. The van der Waals surface area contributed by atoms with Gasteiger partial charge in [-0.15, -0.1) is 0 Å². The molecule has 1 aromatic rings. The van der Waals surface area contributed by atoms with E-state index in [1.54, 1.807) is 6.07 Å².